The Morgan fingerprint density at radius 2 is 1.32 bits per heavy atom. The van der Waals surface area contributed by atoms with Crippen molar-refractivity contribution in [2.24, 2.45) is 0 Å². The molecule has 0 rings (SSSR count). The van der Waals surface area contributed by atoms with Crippen LogP contribution in [0.1, 0.15) is 96.8 Å². The second kappa shape index (κ2) is 18.3. The van der Waals surface area contributed by atoms with Gasteiger partial charge in [0.05, 0.1) is 21.1 Å². The molecule has 8 heteroatoms. The molecule has 2 N–H and O–H groups in total. The van der Waals surface area contributed by atoms with Crippen molar-refractivity contribution in [2.75, 3.05) is 40.9 Å². The standard InChI is InChI=1S/C23H48NO6P/c1-5-6-7-8-9-10-11-12-13-14-15-16-17-18-22(25)23(26)21-30-31(27,28)29-20-19-24(2,3)4/h23,26H,5-21H2,1-4H3/p+1. The van der Waals surface area contributed by atoms with E-state index in [0.29, 0.717) is 11.0 Å². The Morgan fingerprint density at radius 1 is 0.871 bits per heavy atom. The first kappa shape index (κ1) is 30.9. The van der Waals surface area contributed by atoms with E-state index in [0.717, 1.165) is 19.3 Å². The van der Waals surface area contributed by atoms with Crippen molar-refractivity contribution in [1.82, 2.24) is 0 Å². The van der Waals surface area contributed by atoms with Crippen LogP contribution in [0.15, 0.2) is 0 Å². The first-order chi connectivity index (χ1) is 14.6. The van der Waals surface area contributed by atoms with E-state index in [-0.39, 0.29) is 18.8 Å². The van der Waals surface area contributed by atoms with E-state index < -0.39 is 20.9 Å². The van der Waals surface area contributed by atoms with Crippen LogP contribution in [0.3, 0.4) is 0 Å². The van der Waals surface area contributed by atoms with Crippen LogP contribution >= 0.6 is 8.17 Å². The van der Waals surface area contributed by atoms with Gasteiger partial charge in [0.25, 0.3) is 0 Å². The minimum Gasteiger partial charge on any atom is -0.606 e. The number of ketones is 1. The van der Waals surface area contributed by atoms with Crippen LogP contribution in [0, 0.1) is 0 Å². The molecular formula is C23H49NO6P+. The lowest BCUT2D eigenvalue weighted by molar-refractivity contribution is -0.870. The number of hydrogen-bond donors (Lipinski definition) is 2. The summed E-state index contributed by atoms with van der Waals surface area (Å²) in [4.78, 5) is 33.4. The molecule has 0 aromatic rings. The molecule has 0 saturated carbocycles. The Hall–Kier alpha value is -0.140. The van der Waals surface area contributed by atoms with Crippen LogP contribution in [0.25, 0.3) is 0 Å². The molecule has 2 unspecified atom stereocenters. The molecule has 0 bridgehead atoms. The number of likely N-dealkylation sites (N-methyl/N-ethyl adjacent to an activating group) is 1. The fourth-order valence-corrected chi connectivity index (χ4v) is 3.93. The normalized spacial score (nSPS) is 15.1. The Balaban J connectivity index is 3.62. The maximum absolute atomic E-state index is 12.0. The van der Waals surface area contributed by atoms with Gasteiger partial charge in [0.1, 0.15) is 25.9 Å². The van der Waals surface area contributed by atoms with Gasteiger partial charge >= 0.3 is 8.17 Å². The maximum atomic E-state index is 12.0. The van der Waals surface area contributed by atoms with Crippen molar-refractivity contribution in [1.29, 1.82) is 0 Å². The SMILES string of the molecule is CCCCCCCCCCCCCCCC(=O)C(O)CO[P+]([O-])(O)OCC[N+](C)(C)C. The molecule has 0 aliphatic rings. The summed E-state index contributed by atoms with van der Waals surface area (Å²) in [5.74, 6) is -0.352. The van der Waals surface area contributed by atoms with Gasteiger partial charge < -0.3 is 14.5 Å². The Labute approximate surface area is 191 Å². The molecule has 186 valence electrons. The molecule has 0 heterocycles. The number of unbranched alkanes of at least 4 members (excludes halogenated alkanes) is 12. The first-order valence-electron chi connectivity index (χ1n) is 12.2. The summed E-state index contributed by atoms with van der Waals surface area (Å²) < 4.78 is 10.2. The van der Waals surface area contributed by atoms with Crippen LogP contribution in [-0.2, 0) is 13.8 Å². The fourth-order valence-electron chi connectivity index (χ4n) is 3.21. The molecule has 7 nitrogen and oxygen atoms in total. The molecular weight excluding hydrogens is 417 g/mol. The van der Waals surface area contributed by atoms with E-state index in [4.69, 9.17) is 9.05 Å². The van der Waals surface area contributed by atoms with E-state index in [2.05, 4.69) is 6.92 Å². The van der Waals surface area contributed by atoms with E-state index in [9.17, 15) is 19.7 Å². The summed E-state index contributed by atoms with van der Waals surface area (Å²) in [5, 5.41) is 9.86. The van der Waals surface area contributed by atoms with Gasteiger partial charge in [0.2, 0.25) is 0 Å². The van der Waals surface area contributed by atoms with Crippen LogP contribution in [0.2, 0.25) is 0 Å². The van der Waals surface area contributed by atoms with Gasteiger partial charge in [-0.1, -0.05) is 84.0 Å². The second-order valence-corrected chi connectivity index (χ2v) is 11.0. The van der Waals surface area contributed by atoms with Crippen LogP contribution in [0.5, 0.6) is 0 Å². The van der Waals surface area contributed by atoms with Gasteiger partial charge in [-0.3, -0.25) is 4.79 Å². The minimum atomic E-state index is -4.25. The smallest absolute Gasteiger partial charge is 0.377 e. The van der Waals surface area contributed by atoms with Gasteiger partial charge in [0, 0.05) is 6.42 Å². The molecule has 0 radical (unpaired) electrons. The van der Waals surface area contributed by atoms with Crippen molar-refractivity contribution in [3.63, 3.8) is 0 Å². The van der Waals surface area contributed by atoms with Crippen molar-refractivity contribution in [3.8, 4) is 0 Å². The van der Waals surface area contributed by atoms with Crippen LogP contribution in [0.4, 0.5) is 0 Å². The lowest BCUT2D eigenvalue weighted by Gasteiger charge is -2.25. The number of phosphoric ester groups is 1. The zero-order chi connectivity index (χ0) is 23.6. The van der Waals surface area contributed by atoms with Gasteiger partial charge in [0.15, 0.2) is 5.78 Å². The first-order valence-corrected chi connectivity index (χ1v) is 13.7. The van der Waals surface area contributed by atoms with E-state index in [1.165, 1.54) is 64.2 Å². The molecule has 0 aliphatic carbocycles. The highest BCUT2D eigenvalue weighted by Crippen LogP contribution is 2.47. The lowest BCUT2D eigenvalue weighted by Crippen LogP contribution is -2.38. The van der Waals surface area contributed by atoms with E-state index in [1.54, 1.807) is 0 Å². The summed E-state index contributed by atoms with van der Waals surface area (Å²) in [6.45, 7) is 2.32. The Kier molecular flexibility index (Phi) is 18.2. The highest BCUT2D eigenvalue weighted by molar-refractivity contribution is 7.52. The van der Waals surface area contributed by atoms with Crippen molar-refractivity contribution in [3.05, 3.63) is 0 Å². The fraction of sp³-hybridized carbons (Fsp3) is 0.957. The summed E-state index contributed by atoms with van der Waals surface area (Å²) in [6, 6.07) is 0. The Bertz CT molecular complexity index is 442. The average Bonchev–Trinajstić information content (AvgIpc) is 2.68. The maximum Gasteiger partial charge on any atom is 0.377 e. The molecule has 2 atom stereocenters. The Morgan fingerprint density at radius 3 is 1.77 bits per heavy atom. The summed E-state index contributed by atoms with van der Waals surface area (Å²) in [6.07, 6.45) is 14.8. The summed E-state index contributed by atoms with van der Waals surface area (Å²) in [7, 11) is 1.55. The van der Waals surface area contributed by atoms with Gasteiger partial charge in [-0.15, -0.1) is 0 Å². The number of carbonyl (C=O) groups is 1. The van der Waals surface area contributed by atoms with Gasteiger partial charge in [-0.05, 0) is 6.42 Å². The average molecular weight is 467 g/mol. The molecule has 0 fully saturated rings. The summed E-state index contributed by atoms with van der Waals surface area (Å²) >= 11 is 0. The third kappa shape index (κ3) is 21.5. The molecule has 0 spiro atoms. The van der Waals surface area contributed by atoms with Crippen molar-refractivity contribution >= 4 is 14.0 Å². The van der Waals surface area contributed by atoms with Crippen molar-refractivity contribution < 1.29 is 33.2 Å². The topological polar surface area (TPSA) is 99.1 Å². The molecule has 0 aromatic carbocycles. The number of quaternary nitrogens is 1. The van der Waals surface area contributed by atoms with Gasteiger partial charge in [-0.25, -0.2) is 0 Å². The number of rotatable bonds is 22. The molecule has 31 heavy (non-hydrogen) atoms. The quantitative estimate of drug-likeness (QED) is 0.141. The number of hydrogen-bond acceptors (Lipinski definition) is 6. The van der Waals surface area contributed by atoms with E-state index >= 15 is 0 Å². The van der Waals surface area contributed by atoms with E-state index in [1.807, 2.05) is 21.1 Å². The number of Topliss-reactive ketones (excluding diaryl/α,β-unsaturated/α-hetero) is 1. The highest BCUT2D eigenvalue weighted by Gasteiger charge is 2.30. The number of phosphoric acid groups is 1. The number of nitrogens with zero attached hydrogens (tertiary/aromatic N) is 1. The largest absolute Gasteiger partial charge is 0.606 e. The van der Waals surface area contributed by atoms with Crippen LogP contribution in [-0.4, -0.2) is 67.3 Å². The predicted molar refractivity (Wildman–Crippen MR) is 125 cm³/mol. The van der Waals surface area contributed by atoms with Crippen molar-refractivity contribution in [2.45, 2.75) is 103 Å². The molecule has 0 saturated heterocycles. The number of carbonyl (C=O) groups excluding carboxylic acids is 1. The summed E-state index contributed by atoms with van der Waals surface area (Å²) in [5.41, 5.74) is 0. The zero-order valence-electron chi connectivity index (χ0n) is 20.5. The predicted octanol–water partition coefficient (Wildman–Crippen LogP) is 4.17. The highest BCUT2D eigenvalue weighted by atomic mass is 31.2. The van der Waals surface area contributed by atoms with Gasteiger partial charge in [-0.2, -0.15) is 13.9 Å². The third-order valence-electron chi connectivity index (χ3n) is 5.31. The molecule has 0 aliphatic heterocycles. The molecule has 0 aromatic heterocycles. The third-order valence-corrected chi connectivity index (χ3v) is 6.29. The second-order valence-electron chi connectivity index (χ2n) is 9.59. The number of aliphatic hydroxyl groups excluding tert-OH is 1. The number of aliphatic hydroxyl groups is 1. The van der Waals surface area contributed by atoms with Crippen LogP contribution < -0.4 is 4.89 Å². The lowest BCUT2D eigenvalue weighted by atomic mass is 10.0. The monoisotopic (exact) mass is 466 g/mol. The minimum absolute atomic E-state index is 0.0558. The molecule has 0 amide bonds. The zero-order valence-corrected chi connectivity index (χ0v) is 21.4.